The van der Waals surface area contributed by atoms with Gasteiger partial charge in [-0.15, -0.1) is 0 Å². The Hall–Kier alpha value is -1.59. The molecule has 1 amide bonds. The van der Waals surface area contributed by atoms with Gasteiger partial charge in [0.1, 0.15) is 6.10 Å². The van der Waals surface area contributed by atoms with Crippen LogP contribution >= 0.6 is 0 Å². The van der Waals surface area contributed by atoms with E-state index in [9.17, 15) is 4.79 Å². The zero-order valence-electron chi connectivity index (χ0n) is 9.37. The van der Waals surface area contributed by atoms with Crippen LogP contribution in [0.4, 0.5) is 10.5 Å². The number of hydrogen-bond donors (Lipinski definition) is 2. The lowest BCUT2D eigenvalue weighted by atomic mass is 10.1. The Kier molecular flexibility index (Phi) is 3.61. The highest BCUT2D eigenvalue weighted by Gasteiger charge is 2.31. The molecule has 1 aliphatic heterocycles. The number of ether oxygens (including phenoxy) is 1. The fourth-order valence-electron chi connectivity index (χ4n) is 1.80. The molecule has 0 aromatic heterocycles. The van der Waals surface area contributed by atoms with E-state index in [-0.39, 0.29) is 13.2 Å². The van der Waals surface area contributed by atoms with Crippen LogP contribution in [0.15, 0.2) is 24.3 Å². The molecule has 2 rings (SSSR count). The van der Waals surface area contributed by atoms with Crippen molar-refractivity contribution in [3.63, 3.8) is 0 Å². The van der Waals surface area contributed by atoms with Crippen molar-refractivity contribution < 1.29 is 19.7 Å². The number of benzene rings is 1. The first-order valence-corrected chi connectivity index (χ1v) is 5.53. The SMILES string of the molecule is O=C1OC(CO)CN1c1ccc(CCO)cc1. The Morgan fingerprint density at radius 3 is 2.53 bits per heavy atom. The van der Waals surface area contributed by atoms with Crippen LogP contribution in [-0.4, -0.2) is 42.2 Å². The van der Waals surface area contributed by atoms with E-state index in [1.165, 1.54) is 4.90 Å². The Balaban J connectivity index is 2.09. The van der Waals surface area contributed by atoms with E-state index in [0.717, 1.165) is 11.3 Å². The number of cyclic esters (lactones) is 1. The monoisotopic (exact) mass is 237 g/mol. The average molecular weight is 237 g/mol. The summed E-state index contributed by atoms with van der Waals surface area (Å²) in [5.41, 5.74) is 1.76. The van der Waals surface area contributed by atoms with Crippen molar-refractivity contribution in [3.05, 3.63) is 29.8 Å². The standard InChI is InChI=1S/C12H15NO4/c14-6-5-9-1-3-10(4-2-9)13-7-11(8-15)17-12(13)16/h1-4,11,14-15H,5-8H2. The summed E-state index contributed by atoms with van der Waals surface area (Å²) in [5, 5.41) is 17.7. The van der Waals surface area contributed by atoms with Crippen molar-refractivity contribution >= 4 is 11.8 Å². The lowest BCUT2D eigenvalue weighted by molar-refractivity contribution is 0.0963. The first-order valence-electron chi connectivity index (χ1n) is 5.53. The normalized spacial score (nSPS) is 19.5. The molecule has 1 aromatic rings. The lowest BCUT2D eigenvalue weighted by Gasteiger charge is -2.13. The predicted molar refractivity (Wildman–Crippen MR) is 61.9 cm³/mol. The van der Waals surface area contributed by atoms with Crippen LogP contribution in [0, 0.1) is 0 Å². The van der Waals surface area contributed by atoms with E-state index in [2.05, 4.69) is 0 Å². The maximum absolute atomic E-state index is 11.5. The Morgan fingerprint density at radius 1 is 1.29 bits per heavy atom. The third-order valence-electron chi connectivity index (χ3n) is 2.73. The second-order valence-electron chi connectivity index (χ2n) is 3.94. The molecule has 92 valence electrons. The number of carbonyl (C=O) groups excluding carboxylic acids is 1. The van der Waals surface area contributed by atoms with Gasteiger partial charge in [0.25, 0.3) is 0 Å². The minimum absolute atomic E-state index is 0.109. The van der Waals surface area contributed by atoms with Crippen molar-refractivity contribution in [2.24, 2.45) is 0 Å². The van der Waals surface area contributed by atoms with Crippen molar-refractivity contribution in [1.82, 2.24) is 0 Å². The van der Waals surface area contributed by atoms with Crippen molar-refractivity contribution in [2.75, 3.05) is 24.7 Å². The molecule has 5 heteroatoms. The zero-order chi connectivity index (χ0) is 12.3. The quantitative estimate of drug-likeness (QED) is 0.801. The second-order valence-corrected chi connectivity index (χ2v) is 3.94. The largest absolute Gasteiger partial charge is 0.441 e. The number of aliphatic hydroxyl groups is 2. The third-order valence-corrected chi connectivity index (χ3v) is 2.73. The fourth-order valence-corrected chi connectivity index (χ4v) is 1.80. The van der Waals surface area contributed by atoms with E-state index >= 15 is 0 Å². The van der Waals surface area contributed by atoms with Gasteiger partial charge in [0.2, 0.25) is 0 Å². The molecule has 1 aromatic carbocycles. The molecule has 1 heterocycles. The maximum atomic E-state index is 11.5. The summed E-state index contributed by atoms with van der Waals surface area (Å²) in [4.78, 5) is 13.0. The summed E-state index contributed by atoms with van der Waals surface area (Å²) in [7, 11) is 0. The van der Waals surface area contributed by atoms with Gasteiger partial charge in [-0.25, -0.2) is 4.79 Å². The van der Waals surface area contributed by atoms with E-state index in [1.807, 2.05) is 24.3 Å². The number of carbonyl (C=O) groups is 1. The van der Waals surface area contributed by atoms with Crippen LogP contribution in [0.25, 0.3) is 0 Å². The first kappa shape index (κ1) is 11.9. The molecule has 1 unspecified atom stereocenters. The number of rotatable bonds is 4. The summed E-state index contributed by atoms with van der Waals surface area (Å²) in [5.74, 6) is 0. The molecule has 0 aliphatic carbocycles. The summed E-state index contributed by atoms with van der Waals surface area (Å²) in [6.07, 6.45) is -0.275. The summed E-state index contributed by atoms with van der Waals surface area (Å²) in [6.45, 7) is 0.317. The van der Waals surface area contributed by atoms with Crippen LogP contribution in [0.2, 0.25) is 0 Å². The third kappa shape index (κ3) is 2.57. The molecule has 17 heavy (non-hydrogen) atoms. The zero-order valence-corrected chi connectivity index (χ0v) is 9.37. The van der Waals surface area contributed by atoms with Gasteiger partial charge in [-0.1, -0.05) is 12.1 Å². The summed E-state index contributed by atoms with van der Waals surface area (Å²) >= 11 is 0. The number of aliphatic hydroxyl groups excluding tert-OH is 2. The van der Waals surface area contributed by atoms with Crippen LogP contribution in [-0.2, 0) is 11.2 Å². The van der Waals surface area contributed by atoms with Crippen molar-refractivity contribution in [2.45, 2.75) is 12.5 Å². The number of anilines is 1. The molecule has 2 N–H and O–H groups in total. The minimum Gasteiger partial charge on any atom is -0.441 e. The molecule has 1 fully saturated rings. The molecule has 1 saturated heterocycles. The van der Waals surface area contributed by atoms with Crippen LogP contribution in [0.5, 0.6) is 0 Å². The van der Waals surface area contributed by atoms with E-state index in [4.69, 9.17) is 14.9 Å². The van der Waals surface area contributed by atoms with Crippen molar-refractivity contribution in [3.8, 4) is 0 Å². The molecule has 1 aliphatic rings. The van der Waals surface area contributed by atoms with E-state index in [1.54, 1.807) is 0 Å². The highest BCUT2D eigenvalue weighted by molar-refractivity contribution is 5.89. The van der Waals surface area contributed by atoms with Gasteiger partial charge >= 0.3 is 6.09 Å². The maximum Gasteiger partial charge on any atom is 0.414 e. The first-order chi connectivity index (χ1) is 8.24. The lowest BCUT2D eigenvalue weighted by Crippen LogP contribution is -2.25. The molecule has 1 atom stereocenters. The van der Waals surface area contributed by atoms with Gasteiger partial charge in [0.15, 0.2) is 0 Å². The summed E-state index contributed by atoms with van der Waals surface area (Å²) in [6, 6.07) is 7.36. The number of hydrogen-bond acceptors (Lipinski definition) is 4. The number of amides is 1. The second kappa shape index (κ2) is 5.16. The van der Waals surface area contributed by atoms with Crippen molar-refractivity contribution in [1.29, 1.82) is 0 Å². The van der Waals surface area contributed by atoms with E-state index < -0.39 is 12.2 Å². The Labute approximate surface area is 99.2 Å². The topological polar surface area (TPSA) is 70.0 Å². The fraction of sp³-hybridized carbons (Fsp3) is 0.417. The van der Waals surface area contributed by atoms with Gasteiger partial charge in [-0.3, -0.25) is 4.90 Å². The highest BCUT2D eigenvalue weighted by Crippen LogP contribution is 2.21. The Bertz CT molecular complexity index is 390. The van der Waals surface area contributed by atoms with Gasteiger partial charge in [0.05, 0.1) is 13.2 Å². The number of nitrogens with zero attached hydrogens (tertiary/aromatic N) is 1. The van der Waals surface area contributed by atoms with Gasteiger partial charge in [-0.2, -0.15) is 0 Å². The molecule has 5 nitrogen and oxygen atoms in total. The van der Waals surface area contributed by atoms with Crippen LogP contribution in [0.1, 0.15) is 5.56 Å². The van der Waals surface area contributed by atoms with Gasteiger partial charge < -0.3 is 14.9 Å². The van der Waals surface area contributed by atoms with E-state index in [0.29, 0.717) is 13.0 Å². The molecule has 0 spiro atoms. The molecule has 0 radical (unpaired) electrons. The van der Waals surface area contributed by atoms with Crippen LogP contribution in [0.3, 0.4) is 0 Å². The molecule has 0 bridgehead atoms. The van der Waals surface area contributed by atoms with Crippen LogP contribution < -0.4 is 4.90 Å². The average Bonchev–Trinajstić information content (AvgIpc) is 2.72. The Morgan fingerprint density at radius 2 is 2.00 bits per heavy atom. The molecular formula is C12H15NO4. The summed E-state index contributed by atoms with van der Waals surface area (Å²) < 4.78 is 4.95. The minimum atomic E-state index is -0.445. The molecule has 0 saturated carbocycles. The molecular weight excluding hydrogens is 222 g/mol. The van der Waals surface area contributed by atoms with Gasteiger partial charge in [-0.05, 0) is 24.1 Å². The highest BCUT2D eigenvalue weighted by atomic mass is 16.6. The predicted octanol–water partition coefficient (Wildman–Crippen LogP) is 0.539. The smallest absolute Gasteiger partial charge is 0.414 e. The van der Waals surface area contributed by atoms with Gasteiger partial charge in [0, 0.05) is 12.3 Å².